The van der Waals surface area contributed by atoms with Crippen molar-refractivity contribution in [1.29, 1.82) is 5.26 Å². The van der Waals surface area contributed by atoms with Gasteiger partial charge in [-0.25, -0.2) is 0 Å². The van der Waals surface area contributed by atoms with Gasteiger partial charge in [-0.1, -0.05) is 48.5 Å². The molecule has 0 N–H and O–H groups in total. The molecule has 27 heavy (non-hydrogen) atoms. The molecule has 2 aliphatic rings. The summed E-state index contributed by atoms with van der Waals surface area (Å²) < 4.78 is 0. The van der Waals surface area contributed by atoms with Crippen LogP contribution in [-0.2, 0) is 4.79 Å². The second kappa shape index (κ2) is 6.88. The Morgan fingerprint density at radius 1 is 1.15 bits per heavy atom. The van der Waals surface area contributed by atoms with Crippen LogP contribution in [0.2, 0.25) is 0 Å². The molecule has 0 radical (unpaired) electrons. The number of hydrogen-bond donors (Lipinski definition) is 0. The zero-order valence-electron chi connectivity index (χ0n) is 15.4. The topological polar surface area (TPSA) is 59.7 Å². The summed E-state index contributed by atoms with van der Waals surface area (Å²) in [4.78, 5) is 14.7. The summed E-state index contributed by atoms with van der Waals surface area (Å²) in [5, 5.41) is 16.2. The molecule has 5 heteroatoms. The van der Waals surface area contributed by atoms with Crippen molar-refractivity contribution in [2.24, 2.45) is 5.10 Å². The zero-order valence-corrected chi connectivity index (χ0v) is 15.4. The van der Waals surface area contributed by atoms with Crippen LogP contribution in [0.25, 0.3) is 0 Å². The Kier molecular flexibility index (Phi) is 4.41. The number of carbonyl (C=O) groups excluding carboxylic acids is 1. The Hall–Kier alpha value is -3.13. The number of hydrogen-bond acceptors (Lipinski definition) is 4. The van der Waals surface area contributed by atoms with Gasteiger partial charge in [-0.2, -0.15) is 10.4 Å². The summed E-state index contributed by atoms with van der Waals surface area (Å²) in [6.45, 7) is 0. The van der Waals surface area contributed by atoms with Crippen molar-refractivity contribution in [3.63, 3.8) is 0 Å². The quantitative estimate of drug-likeness (QED) is 0.833. The van der Waals surface area contributed by atoms with Gasteiger partial charge in [0, 0.05) is 13.5 Å². The molecule has 2 aromatic carbocycles. The molecule has 1 aliphatic carbocycles. The summed E-state index contributed by atoms with van der Waals surface area (Å²) in [5.41, 5.74) is 1.92. The monoisotopic (exact) mass is 358 g/mol. The average molecular weight is 358 g/mol. The van der Waals surface area contributed by atoms with E-state index in [9.17, 15) is 10.1 Å². The van der Waals surface area contributed by atoms with E-state index in [1.807, 2.05) is 53.5 Å². The lowest BCUT2D eigenvalue weighted by Crippen LogP contribution is -2.55. The van der Waals surface area contributed by atoms with Gasteiger partial charge in [-0.15, -0.1) is 0 Å². The van der Waals surface area contributed by atoms with Crippen molar-refractivity contribution in [3.05, 3.63) is 66.2 Å². The van der Waals surface area contributed by atoms with E-state index in [-0.39, 0.29) is 11.9 Å². The summed E-state index contributed by atoms with van der Waals surface area (Å²) in [6, 6.07) is 22.3. The minimum Gasteiger partial charge on any atom is -0.322 e. The molecule has 0 aromatic heterocycles. The summed E-state index contributed by atoms with van der Waals surface area (Å²) in [6.07, 6.45) is 3.00. The van der Waals surface area contributed by atoms with Crippen LogP contribution in [0.1, 0.15) is 37.3 Å². The van der Waals surface area contributed by atoms with E-state index < -0.39 is 5.54 Å². The number of nitriles is 1. The van der Waals surface area contributed by atoms with Crippen molar-refractivity contribution in [1.82, 2.24) is 4.90 Å². The molecule has 1 saturated carbocycles. The second-order valence-corrected chi connectivity index (χ2v) is 7.22. The minimum absolute atomic E-state index is 0.0274. The SMILES string of the molecule is CN(C(=O)C1=NN(c2ccccc2)[C@@H](c2ccccc2)C1)C1(C#N)CCC1. The molecule has 1 atom stereocenters. The third kappa shape index (κ3) is 2.97. The van der Waals surface area contributed by atoms with Gasteiger partial charge in [-0.3, -0.25) is 9.80 Å². The van der Waals surface area contributed by atoms with Gasteiger partial charge >= 0.3 is 0 Å². The van der Waals surface area contributed by atoms with Crippen LogP contribution in [0.5, 0.6) is 0 Å². The standard InChI is InChI=1S/C22H22N4O/c1-25(22(16-23)13-8-14-22)21(27)19-15-20(17-9-4-2-5-10-17)26(24-19)18-11-6-3-7-12-18/h2-7,9-12,20H,8,13-15H2,1H3/t20-/m1/s1. The summed E-state index contributed by atoms with van der Waals surface area (Å²) in [5.74, 6) is -0.143. The zero-order chi connectivity index (χ0) is 18.9. The number of hydrazone groups is 1. The lowest BCUT2D eigenvalue weighted by molar-refractivity contribution is -0.129. The maximum Gasteiger partial charge on any atom is 0.271 e. The Morgan fingerprint density at radius 2 is 1.78 bits per heavy atom. The highest BCUT2D eigenvalue weighted by atomic mass is 16.2. The van der Waals surface area contributed by atoms with Gasteiger partial charge in [0.1, 0.15) is 11.3 Å². The van der Waals surface area contributed by atoms with Gasteiger partial charge in [-0.05, 0) is 37.0 Å². The maximum atomic E-state index is 13.1. The fourth-order valence-electron chi connectivity index (χ4n) is 3.81. The Labute approximate surface area is 159 Å². The van der Waals surface area contributed by atoms with E-state index >= 15 is 0 Å². The average Bonchev–Trinajstić information content (AvgIpc) is 3.14. The summed E-state index contributed by atoms with van der Waals surface area (Å²) >= 11 is 0. The molecule has 1 heterocycles. The van der Waals surface area contributed by atoms with Crippen molar-refractivity contribution < 1.29 is 4.79 Å². The molecule has 4 rings (SSSR count). The first-order valence-electron chi connectivity index (χ1n) is 9.31. The van der Waals surface area contributed by atoms with Gasteiger partial charge in [0.15, 0.2) is 0 Å². The van der Waals surface area contributed by atoms with Gasteiger partial charge in [0.2, 0.25) is 0 Å². The number of amides is 1. The summed E-state index contributed by atoms with van der Waals surface area (Å²) in [7, 11) is 1.73. The number of para-hydroxylation sites is 1. The lowest BCUT2D eigenvalue weighted by Gasteiger charge is -2.42. The second-order valence-electron chi connectivity index (χ2n) is 7.22. The largest absolute Gasteiger partial charge is 0.322 e. The molecule has 0 bridgehead atoms. The molecule has 0 saturated heterocycles. The third-order valence-corrected chi connectivity index (χ3v) is 5.70. The number of benzene rings is 2. The van der Waals surface area contributed by atoms with Crippen LogP contribution < -0.4 is 5.01 Å². The fourth-order valence-corrected chi connectivity index (χ4v) is 3.81. The normalized spacial score (nSPS) is 20.4. The van der Waals surface area contributed by atoms with Crippen LogP contribution in [0.4, 0.5) is 5.69 Å². The molecule has 2 aromatic rings. The van der Waals surface area contributed by atoms with Crippen LogP contribution >= 0.6 is 0 Å². The van der Waals surface area contributed by atoms with Crippen molar-refractivity contribution in [2.75, 3.05) is 12.1 Å². The number of anilines is 1. The van der Waals surface area contributed by atoms with Crippen LogP contribution in [0, 0.1) is 11.3 Å². The highest BCUT2D eigenvalue weighted by Crippen LogP contribution is 2.39. The molecule has 136 valence electrons. The maximum absolute atomic E-state index is 13.1. The first-order chi connectivity index (χ1) is 13.1. The molecule has 1 fully saturated rings. The third-order valence-electron chi connectivity index (χ3n) is 5.70. The van der Waals surface area contributed by atoms with Crippen molar-refractivity contribution in [2.45, 2.75) is 37.3 Å². The molecule has 1 amide bonds. The van der Waals surface area contributed by atoms with Crippen LogP contribution in [0.15, 0.2) is 65.8 Å². The molecule has 1 aliphatic heterocycles. The highest BCUT2D eigenvalue weighted by Gasteiger charge is 2.45. The van der Waals surface area contributed by atoms with Gasteiger partial charge in [0.25, 0.3) is 5.91 Å². The lowest BCUT2D eigenvalue weighted by atomic mass is 9.76. The number of carbonyl (C=O) groups is 1. The Bertz CT molecular complexity index is 897. The first kappa shape index (κ1) is 17.3. The fraction of sp³-hybridized carbons (Fsp3) is 0.318. The molecule has 0 unspecified atom stereocenters. The van der Waals surface area contributed by atoms with Crippen LogP contribution in [-0.4, -0.2) is 29.1 Å². The molecular formula is C22H22N4O. The van der Waals surface area contributed by atoms with E-state index in [1.54, 1.807) is 11.9 Å². The molecular weight excluding hydrogens is 336 g/mol. The smallest absolute Gasteiger partial charge is 0.271 e. The van der Waals surface area contributed by atoms with E-state index in [0.717, 1.165) is 30.5 Å². The van der Waals surface area contributed by atoms with Crippen molar-refractivity contribution >= 4 is 17.3 Å². The van der Waals surface area contributed by atoms with Gasteiger partial charge in [0.05, 0.1) is 17.8 Å². The highest BCUT2D eigenvalue weighted by molar-refractivity contribution is 6.39. The first-order valence-corrected chi connectivity index (χ1v) is 9.31. The minimum atomic E-state index is -0.665. The number of rotatable bonds is 4. The number of nitrogens with zero attached hydrogens (tertiary/aromatic N) is 4. The van der Waals surface area contributed by atoms with E-state index in [1.165, 1.54) is 0 Å². The van der Waals surface area contributed by atoms with E-state index in [4.69, 9.17) is 5.10 Å². The van der Waals surface area contributed by atoms with Crippen molar-refractivity contribution in [3.8, 4) is 6.07 Å². The van der Waals surface area contributed by atoms with Crippen LogP contribution in [0.3, 0.4) is 0 Å². The Balaban J connectivity index is 1.66. The van der Waals surface area contributed by atoms with E-state index in [0.29, 0.717) is 12.1 Å². The predicted octanol–water partition coefficient (Wildman–Crippen LogP) is 3.90. The van der Waals surface area contributed by atoms with E-state index in [2.05, 4.69) is 18.2 Å². The predicted molar refractivity (Wildman–Crippen MR) is 105 cm³/mol. The molecule has 5 nitrogen and oxygen atoms in total. The Morgan fingerprint density at radius 3 is 2.33 bits per heavy atom. The molecule has 0 spiro atoms. The van der Waals surface area contributed by atoms with Gasteiger partial charge < -0.3 is 4.90 Å².